The second kappa shape index (κ2) is 12.0. The zero-order valence-electron chi connectivity index (χ0n) is 22.6. The minimum atomic E-state index is -3.80. The highest BCUT2D eigenvalue weighted by molar-refractivity contribution is 7.92. The summed E-state index contributed by atoms with van der Waals surface area (Å²) < 4.78 is 62.0. The first-order chi connectivity index (χ1) is 19.5. The van der Waals surface area contributed by atoms with Crippen LogP contribution < -0.4 is 19.1 Å². The summed E-state index contributed by atoms with van der Waals surface area (Å²) in [5.41, 5.74) is 2.39. The number of rotatable bonds is 9. The van der Waals surface area contributed by atoms with Gasteiger partial charge in [0.1, 0.15) is 5.75 Å². The van der Waals surface area contributed by atoms with E-state index in [1.807, 2.05) is 0 Å². The molecule has 0 saturated heterocycles. The van der Waals surface area contributed by atoms with Gasteiger partial charge in [-0.1, -0.05) is 36.9 Å². The van der Waals surface area contributed by atoms with Gasteiger partial charge in [0.2, 0.25) is 10.0 Å². The van der Waals surface area contributed by atoms with E-state index >= 15 is 0 Å². The number of nitrogens with zero attached hydrogens (tertiary/aromatic N) is 1. The van der Waals surface area contributed by atoms with E-state index < -0.39 is 26.0 Å². The highest BCUT2D eigenvalue weighted by Crippen LogP contribution is 2.35. The van der Waals surface area contributed by atoms with E-state index in [9.17, 15) is 21.6 Å². The van der Waals surface area contributed by atoms with Gasteiger partial charge in [-0.3, -0.25) is 9.10 Å². The van der Waals surface area contributed by atoms with Crippen molar-refractivity contribution in [3.8, 4) is 5.75 Å². The van der Waals surface area contributed by atoms with Gasteiger partial charge in [0, 0.05) is 23.3 Å². The molecule has 3 aromatic rings. The molecule has 1 saturated carbocycles. The molecular formula is C29H32ClN3O6S2. The summed E-state index contributed by atoms with van der Waals surface area (Å²) in [4.78, 5) is 13.0. The fraction of sp³-hybridized carbons (Fsp3) is 0.345. The Bertz CT molecular complexity index is 1650. The Morgan fingerprint density at radius 2 is 1.66 bits per heavy atom. The van der Waals surface area contributed by atoms with Crippen LogP contribution in [0.25, 0.3) is 0 Å². The maximum atomic E-state index is 13.3. The summed E-state index contributed by atoms with van der Waals surface area (Å²) in [7, 11) is -7.45. The Kier molecular flexibility index (Phi) is 8.60. The van der Waals surface area contributed by atoms with Crippen LogP contribution in [0, 0.1) is 6.92 Å². The van der Waals surface area contributed by atoms with Crippen LogP contribution in [0.5, 0.6) is 5.75 Å². The van der Waals surface area contributed by atoms with Crippen LogP contribution in [-0.4, -0.2) is 41.9 Å². The van der Waals surface area contributed by atoms with Gasteiger partial charge in [-0.2, -0.15) is 0 Å². The van der Waals surface area contributed by atoms with Crippen LogP contribution in [0.2, 0.25) is 5.02 Å². The maximum Gasteiger partial charge on any atom is 0.264 e. The topological polar surface area (TPSA) is 122 Å². The normalized spacial score (nSPS) is 15.9. The third-order valence-electron chi connectivity index (χ3n) is 7.37. The maximum absolute atomic E-state index is 13.3. The molecule has 41 heavy (non-hydrogen) atoms. The van der Waals surface area contributed by atoms with Crippen molar-refractivity contribution in [2.75, 3.05) is 22.8 Å². The van der Waals surface area contributed by atoms with Crippen molar-refractivity contribution >= 4 is 48.9 Å². The number of halogens is 1. The van der Waals surface area contributed by atoms with E-state index in [0.29, 0.717) is 40.7 Å². The lowest BCUT2D eigenvalue weighted by atomic mass is 9.96. The quantitative estimate of drug-likeness (QED) is 0.347. The van der Waals surface area contributed by atoms with Crippen molar-refractivity contribution in [2.24, 2.45) is 0 Å². The van der Waals surface area contributed by atoms with Gasteiger partial charge in [0.05, 0.1) is 15.5 Å². The van der Waals surface area contributed by atoms with Gasteiger partial charge in [0.25, 0.3) is 15.9 Å². The molecule has 3 aromatic carbocycles. The summed E-state index contributed by atoms with van der Waals surface area (Å²) in [5.74, 6) is -0.0453. The van der Waals surface area contributed by atoms with E-state index in [2.05, 4.69) is 10.0 Å². The molecule has 1 aliphatic heterocycles. The lowest BCUT2D eigenvalue weighted by Crippen LogP contribution is -2.36. The molecular weight excluding hydrogens is 586 g/mol. The lowest BCUT2D eigenvalue weighted by Gasteiger charge is -2.22. The number of carbonyl (C=O) groups is 1. The molecule has 0 atom stereocenters. The first-order valence-electron chi connectivity index (χ1n) is 13.5. The molecule has 0 aromatic heterocycles. The fourth-order valence-corrected chi connectivity index (χ4v) is 8.22. The molecule has 1 heterocycles. The Morgan fingerprint density at radius 3 is 2.37 bits per heavy atom. The molecule has 1 aliphatic carbocycles. The van der Waals surface area contributed by atoms with Crippen molar-refractivity contribution in [2.45, 2.75) is 61.3 Å². The van der Waals surface area contributed by atoms with Gasteiger partial charge < -0.3 is 10.1 Å². The molecule has 9 nitrogen and oxygen atoms in total. The number of aryl methyl sites for hydroxylation is 1. The second-order valence-corrected chi connectivity index (χ2v) is 14.4. The fourth-order valence-electron chi connectivity index (χ4n) is 5.21. The van der Waals surface area contributed by atoms with E-state index in [-0.39, 0.29) is 22.4 Å². The molecule has 5 rings (SSSR count). The molecule has 0 spiro atoms. The van der Waals surface area contributed by atoms with Crippen LogP contribution in [0.15, 0.2) is 70.5 Å². The molecule has 12 heteroatoms. The number of sulfonamides is 2. The van der Waals surface area contributed by atoms with Crippen molar-refractivity contribution in [1.29, 1.82) is 0 Å². The number of hydrogen-bond donors (Lipinski definition) is 2. The molecule has 1 fully saturated rings. The second-order valence-electron chi connectivity index (χ2n) is 10.3. The van der Waals surface area contributed by atoms with Crippen molar-refractivity contribution < 1.29 is 26.4 Å². The standard InChI is InChI=1S/C29H32ClN3O6S2/c1-20-17-26(40(35,36)32-23-5-3-2-4-6-23)13-14-28(20)39-19-29(34)31-24-10-7-21-15-16-33(27(21)18-24)41(37,38)25-11-8-22(30)9-12-25/h7-14,17-18,23,32H,2-6,15-16,19H2,1H3,(H,31,34). The summed E-state index contributed by atoms with van der Waals surface area (Å²) in [6.45, 7) is 1.71. The summed E-state index contributed by atoms with van der Waals surface area (Å²) in [5, 5.41) is 3.20. The smallest absolute Gasteiger partial charge is 0.264 e. The zero-order valence-corrected chi connectivity index (χ0v) is 25.0. The predicted octanol–water partition coefficient (Wildman–Crippen LogP) is 5.03. The highest BCUT2D eigenvalue weighted by Gasteiger charge is 2.31. The largest absolute Gasteiger partial charge is 0.483 e. The third kappa shape index (κ3) is 6.69. The molecule has 0 unspecified atom stereocenters. The van der Waals surface area contributed by atoms with Crippen molar-refractivity contribution in [1.82, 2.24) is 4.72 Å². The Morgan fingerprint density at radius 1 is 0.951 bits per heavy atom. The number of fused-ring (bicyclic) bond motifs is 1. The van der Waals surface area contributed by atoms with Gasteiger partial charge >= 0.3 is 0 Å². The number of ether oxygens (including phenoxy) is 1. The van der Waals surface area contributed by atoms with Crippen LogP contribution in [0.1, 0.15) is 43.2 Å². The number of hydrogen-bond acceptors (Lipinski definition) is 6. The number of carbonyl (C=O) groups excluding carboxylic acids is 1. The monoisotopic (exact) mass is 617 g/mol. The third-order valence-corrected chi connectivity index (χ3v) is 11.0. The molecule has 0 radical (unpaired) electrons. The van der Waals surface area contributed by atoms with Crippen LogP contribution >= 0.6 is 11.6 Å². The van der Waals surface area contributed by atoms with Gasteiger partial charge in [0.15, 0.2) is 6.61 Å². The molecule has 0 bridgehead atoms. The average molecular weight is 618 g/mol. The van der Waals surface area contributed by atoms with E-state index in [1.54, 1.807) is 31.2 Å². The van der Waals surface area contributed by atoms with Gasteiger partial charge in [-0.05, 0) is 91.9 Å². The molecule has 1 amide bonds. The van der Waals surface area contributed by atoms with E-state index in [0.717, 1.165) is 37.7 Å². The number of benzene rings is 3. The molecule has 218 valence electrons. The number of anilines is 2. The van der Waals surface area contributed by atoms with Crippen molar-refractivity contribution in [3.63, 3.8) is 0 Å². The van der Waals surface area contributed by atoms with Gasteiger partial charge in [-0.25, -0.2) is 21.6 Å². The lowest BCUT2D eigenvalue weighted by molar-refractivity contribution is -0.118. The van der Waals surface area contributed by atoms with Gasteiger partial charge in [-0.15, -0.1) is 0 Å². The summed E-state index contributed by atoms with van der Waals surface area (Å²) in [6.07, 6.45) is 5.42. The Balaban J connectivity index is 1.22. The van der Waals surface area contributed by atoms with Crippen molar-refractivity contribution in [3.05, 3.63) is 76.8 Å². The van der Waals surface area contributed by atoms with Crippen LogP contribution in [0.4, 0.5) is 11.4 Å². The Hall–Kier alpha value is -3.12. The summed E-state index contributed by atoms with van der Waals surface area (Å²) in [6, 6.07) is 15.7. The van der Waals surface area contributed by atoms with E-state index in [4.69, 9.17) is 16.3 Å². The first-order valence-corrected chi connectivity index (χ1v) is 16.8. The van der Waals surface area contributed by atoms with Crippen LogP contribution in [-0.2, 0) is 31.3 Å². The van der Waals surface area contributed by atoms with Crippen LogP contribution in [0.3, 0.4) is 0 Å². The first kappa shape index (κ1) is 29.4. The minimum absolute atomic E-state index is 0.0440. The molecule has 2 aliphatic rings. The predicted molar refractivity (Wildman–Crippen MR) is 159 cm³/mol. The van der Waals surface area contributed by atoms with E-state index in [1.165, 1.54) is 40.7 Å². The Labute approximate surface area is 246 Å². The highest BCUT2D eigenvalue weighted by atomic mass is 35.5. The number of nitrogens with one attached hydrogen (secondary N) is 2. The average Bonchev–Trinajstić information content (AvgIpc) is 3.37. The zero-order chi connectivity index (χ0) is 29.2. The molecule has 2 N–H and O–H groups in total. The number of amides is 1. The summed E-state index contributed by atoms with van der Waals surface area (Å²) >= 11 is 5.92. The minimum Gasteiger partial charge on any atom is -0.483 e. The SMILES string of the molecule is Cc1cc(S(=O)(=O)NC2CCCCC2)ccc1OCC(=O)Nc1ccc2c(c1)N(S(=O)(=O)c1ccc(Cl)cc1)CC2.